The molecule has 3 aromatic rings. The monoisotopic (exact) mass is 477 g/mol. The van der Waals surface area contributed by atoms with E-state index in [1.807, 2.05) is 50.2 Å². The Morgan fingerprint density at radius 1 is 1.06 bits per heavy atom. The number of alkyl carbamates (subject to hydrolysis) is 1. The molecule has 0 fully saturated rings. The number of carboxylic acid groups (broad SMARTS) is 1. The number of hydrogen-bond donors (Lipinski definition) is 3. The van der Waals surface area contributed by atoms with Crippen LogP contribution < -0.4 is 10.6 Å². The minimum atomic E-state index is -1.13. The maximum absolute atomic E-state index is 12.6. The molecule has 9 nitrogen and oxygen atoms in total. The predicted molar refractivity (Wildman–Crippen MR) is 127 cm³/mol. The summed E-state index contributed by atoms with van der Waals surface area (Å²) in [6, 6.07) is 15.0. The lowest BCUT2D eigenvalue weighted by atomic mass is 9.98. The van der Waals surface area contributed by atoms with Crippen LogP contribution in [0.3, 0.4) is 0 Å². The molecule has 0 spiro atoms. The van der Waals surface area contributed by atoms with E-state index < -0.39 is 24.0 Å². The van der Waals surface area contributed by atoms with Crippen molar-refractivity contribution < 1.29 is 28.6 Å². The number of oxazole rings is 1. The molecule has 35 heavy (non-hydrogen) atoms. The van der Waals surface area contributed by atoms with Crippen molar-refractivity contribution in [1.29, 1.82) is 0 Å². The van der Waals surface area contributed by atoms with Crippen molar-refractivity contribution >= 4 is 18.0 Å². The van der Waals surface area contributed by atoms with E-state index in [9.17, 15) is 19.5 Å². The number of aliphatic carboxylic acids is 1. The minimum absolute atomic E-state index is 0.0726. The molecule has 1 atom stereocenters. The smallest absolute Gasteiger partial charge is 0.407 e. The van der Waals surface area contributed by atoms with Gasteiger partial charge in [0.1, 0.15) is 12.6 Å². The van der Waals surface area contributed by atoms with Gasteiger partial charge < -0.3 is 24.9 Å². The van der Waals surface area contributed by atoms with E-state index in [0.29, 0.717) is 0 Å². The quantitative estimate of drug-likeness (QED) is 0.425. The number of nitrogens with zero attached hydrogens (tertiary/aromatic N) is 1. The molecule has 2 amide bonds. The van der Waals surface area contributed by atoms with Gasteiger partial charge in [-0.15, -0.1) is 0 Å². The zero-order chi connectivity index (χ0) is 24.9. The summed E-state index contributed by atoms with van der Waals surface area (Å²) >= 11 is 0. The van der Waals surface area contributed by atoms with Gasteiger partial charge in [-0.1, -0.05) is 62.4 Å². The Labute approximate surface area is 202 Å². The first-order valence-corrected chi connectivity index (χ1v) is 11.4. The van der Waals surface area contributed by atoms with E-state index in [-0.39, 0.29) is 42.9 Å². The third-order valence-corrected chi connectivity index (χ3v) is 5.90. The summed E-state index contributed by atoms with van der Waals surface area (Å²) in [5.41, 5.74) is 4.38. The lowest BCUT2D eigenvalue weighted by Crippen LogP contribution is -2.42. The molecule has 9 heteroatoms. The Bertz CT molecular complexity index is 1190. The number of carbonyl (C=O) groups excluding carboxylic acids is 2. The highest BCUT2D eigenvalue weighted by Gasteiger charge is 2.29. The molecule has 4 rings (SSSR count). The molecule has 1 heterocycles. The van der Waals surface area contributed by atoms with E-state index in [1.54, 1.807) is 0 Å². The molecule has 2 aromatic carbocycles. The molecular formula is C26H27N3O6. The number of nitrogens with one attached hydrogen (secondary N) is 2. The Morgan fingerprint density at radius 2 is 1.69 bits per heavy atom. The highest BCUT2D eigenvalue weighted by Crippen LogP contribution is 2.44. The van der Waals surface area contributed by atoms with Crippen LogP contribution in [0.25, 0.3) is 11.1 Å². The first-order valence-electron chi connectivity index (χ1n) is 11.4. The van der Waals surface area contributed by atoms with E-state index in [0.717, 1.165) is 28.6 Å². The highest BCUT2D eigenvalue weighted by molar-refractivity contribution is 5.95. The van der Waals surface area contributed by atoms with Crippen LogP contribution in [0.15, 0.2) is 59.3 Å². The first-order chi connectivity index (χ1) is 16.8. The number of amides is 2. The first kappa shape index (κ1) is 24.0. The number of carboxylic acids is 1. The summed E-state index contributed by atoms with van der Waals surface area (Å²) in [5, 5.41) is 14.4. The summed E-state index contributed by atoms with van der Waals surface area (Å²) in [4.78, 5) is 40.3. The van der Waals surface area contributed by atoms with Crippen molar-refractivity contribution in [3.8, 4) is 11.1 Å². The van der Waals surface area contributed by atoms with Crippen molar-refractivity contribution in [2.24, 2.45) is 5.92 Å². The zero-order valence-electron chi connectivity index (χ0n) is 19.5. The topological polar surface area (TPSA) is 131 Å². The van der Waals surface area contributed by atoms with Crippen molar-refractivity contribution in [3.63, 3.8) is 0 Å². The van der Waals surface area contributed by atoms with Gasteiger partial charge in [-0.2, -0.15) is 0 Å². The van der Waals surface area contributed by atoms with Crippen LogP contribution in [0.1, 0.15) is 53.6 Å². The number of rotatable bonds is 9. The van der Waals surface area contributed by atoms with E-state index in [2.05, 4.69) is 27.8 Å². The summed E-state index contributed by atoms with van der Waals surface area (Å²) < 4.78 is 10.7. The van der Waals surface area contributed by atoms with E-state index >= 15 is 0 Å². The van der Waals surface area contributed by atoms with Gasteiger partial charge in [0.25, 0.3) is 5.91 Å². The van der Waals surface area contributed by atoms with Gasteiger partial charge in [0, 0.05) is 5.92 Å². The second-order valence-electron chi connectivity index (χ2n) is 8.80. The standard InChI is InChI=1S/C26H27N3O6/c1-15(2)11-21(25(31)32)29-24(30)23-22(35-14-28-23)12-27-26(33)34-13-20-18-9-5-3-7-16(18)17-8-4-6-10-19(17)20/h3-10,14-15,20-21H,11-13H2,1-2H3,(H,27,33)(H,29,30)(H,31,32)/t21-/m1/s1. The summed E-state index contributed by atoms with van der Waals surface area (Å²) in [7, 11) is 0. The number of aromatic nitrogens is 1. The van der Waals surface area contributed by atoms with Crippen LogP contribution in [0.2, 0.25) is 0 Å². The Hall–Kier alpha value is -4.14. The maximum atomic E-state index is 12.6. The number of hydrogen-bond acceptors (Lipinski definition) is 6. The second-order valence-corrected chi connectivity index (χ2v) is 8.80. The largest absolute Gasteiger partial charge is 0.480 e. The molecule has 0 bridgehead atoms. The van der Waals surface area contributed by atoms with Crippen molar-refractivity contribution in [2.45, 2.75) is 38.8 Å². The molecule has 0 radical (unpaired) electrons. The number of benzene rings is 2. The Morgan fingerprint density at radius 3 is 2.29 bits per heavy atom. The molecule has 1 aliphatic carbocycles. The molecule has 0 saturated carbocycles. The summed E-state index contributed by atoms with van der Waals surface area (Å²) in [6.45, 7) is 3.74. The second kappa shape index (κ2) is 10.4. The van der Waals surface area contributed by atoms with Crippen LogP contribution >= 0.6 is 0 Å². The Kier molecular flexibility index (Phi) is 7.14. The predicted octanol–water partition coefficient (Wildman–Crippen LogP) is 3.94. The van der Waals surface area contributed by atoms with Crippen LogP contribution in [-0.4, -0.2) is 40.7 Å². The van der Waals surface area contributed by atoms with Crippen molar-refractivity contribution in [3.05, 3.63) is 77.5 Å². The molecule has 0 saturated heterocycles. The van der Waals surface area contributed by atoms with Gasteiger partial charge in [-0.25, -0.2) is 14.6 Å². The molecular weight excluding hydrogens is 450 g/mol. The average molecular weight is 478 g/mol. The maximum Gasteiger partial charge on any atom is 0.407 e. The van der Waals surface area contributed by atoms with Gasteiger partial charge >= 0.3 is 12.1 Å². The molecule has 3 N–H and O–H groups in total. The number of ether oxygens (including phenoxy) is 1. The summed E-state index contributed by atoms with van der Waals surface area (Å²) in [6.07, 6.45) is 0.673. The SMILES string of the molecule is CC(C)C[C@@H](NC(=O)c1ncoc1CNC(=O)OCC1c2ccccc2-c2ccccc21)C(=O)O. The van der Waals surface area contributed by atoms with Gasteiger partial charge in [0.2, 0.25) is 0 Å². The normalized spacial score (nSPS) is 13.1. The lowest BCUT2D eigenvalue weighted by molar-refractivity contribution is -0.139. The van der Waals surface area contributed by atoms with Crippen LogP contribution in [0.5, 0.6) is 0 Å². The minimum Gasteiger partial charge on any atom is -0.480 e. The molecule has 1 aromatic heterocycles. The van der Waals surface area contributed by atoms with Gasteiger partial charge in [0.05, 0.1) is 6.54 Å². The van der Waals surface area contributed by atoms with E-state index in [1.165, 1.54) is 0 Å². The van der Waals surface area contributed by atoms with Gasteiger partial charge in [0.15, 0.2) is 17.8 Å². The third-order valence-electron chi connectivity index (χ3n) is 5.90. The summed E-state index contributed by atoms with van der Waals surface area (Å²) in [5.74, 6) is -1.72. The molecule has 1 aliphatic rings. The van der Waals surface area contributed by atoms with Crippen LogP contribution in [0, 0.1) is 5.92 Å². The number of fused-ring (bicyclic) bond motifs is 3. The van der Waals surface area contributed by atoms with Crippen molar-refractivity contribution in [2.75, 3.05) is 6.61 Å². The molecule has 0 aliphatic heterocycles. The highest BCUT2D eigenvalue weighted by atomic mass is 16.5. The number of carbonyl (C=O) groups is 3. The fraction of sp³-hybridized carbons (Fsp3) is 0.308. The Balaban J connectivity index is 1.35. The molecule has 182 valence electrons. The average Bonchev–Trinajstić information content (AvgIpc) is 3.43. The van der Waals surface area contributed by atoms with E-state index in [4.69, 9.17) is 9.15 Å². The zero-order valence-corrected chi connectivity index (χ0v) is 19.5. The van der Waals surface area contributed by atoms with Crippen molar-refractivity contribution in [1.82, 2.24) is 15.6 Å². The lowest BCUT2D eigenvalue weighted by Gasteiger charge is -2.16. The fourth-order valence-electron chi connectivity index (χ4n) is 4.30. The fourth-order valence-corrected chi connectivity index (χ4v) is 4.30. The van der Waals surface area contributed by atoms with Crippen LogP contribution in [0.4, 0.5) is 4.79 Å². The van der Waals surface area contributed by atoms with Gasteiger partial charge in [-0.3, -0.25) is 4.79 Å². The molecule has 0 unspecified atom stereocenters. The van der Waals surface area contributed by atoms with Crippen LogP contribution in [-0.2, 0) is 16.1 Å². The third kappa shape index (κ3) is 5.34. The van der Waals surface area contributed by atoms with Gasteiger partial charge in [-0.05, 0) is 34.6 Å².